The number of esters is 1. The van der Waals surface area contributed by atoms with Gasteiger partial charge in [0.25, 0.3) is 15.9 Å². The zero-order chi connectivity index (χ0) is 24.5. The summed E-state index contributed by atoms with van der Waals surface area (Å²) in [5.74, 6) is 0.0801. The summed E-state index contributed by atoms with van der Waals surface area (Å²) in [5, 5.41) is 0.257. The number of methoxy groups -OCH3 is 2. The first kappa shape index (κ1) is 24.5. The number of carbonyl (C=O) groups is 2. The fourth-order valence-corrected chi connectivity index (χ4v) is 7.15. The van der Waals surface area contributed by atoms with Crippen LogP contribution in [0.15, 0.2) is 23.1 Å². The number of rotatable bonds is 6. The first-order valence-corrected chi connectivity index (χ1v) is 13.8. The highest BCUT2D eigenvalue weighted by atomic mass is 32.2. The quantitative estimate of drug-likeness (QED) is 0.592. The van der Waals surface area contributed by atoms with E-state index in [-0.39, 0.29) is 26.9 Å². The van der Waals surface area contributed by atoms with Crippen LogP contribution in [0.5, 0.6) is 5.75 Å². The van der Waals surface area contributed by atoms with Gasteiger partial charge in [-0.25, -0.2) is 13.2 Å². The summed E-state index contributed by atoms with van der Waals surface area (Å²) in [6.07, 6.45) is 5.29. The maximum Gasteiger partial charge on any atom is 0.341 e. The Morgan fingerprint density at radius 2 is 1.82 bits per heavy atom. The lowest BCUT2D eigenvalue weighted by Gasteiger charge is -2.30. The number of hydrogen-bond donors (Lipinski definition) is 1. The number of aryl methyl sites for hydroxylation is 1. The van der Waals surface area contributed by atoms with E-state index in [4.69, 9.17) is 9.47 Å². The Bertz CT molecular complexity index is 1200. The van der Waals surface area contributed by atoms with E-state index in [9.17, 15) is 18.0 Å². The lowest BCUT2D eigenvalue weighted by Crippen LogP contribution is -2.38. The first-order valence-electron chi connectivity index (χ1n) is 11.5. The summed E-state index contributed by atoms with van der Waals surface area (Å²) in [6, 6.07) is 4.25. The normalized spacial score (nSPS) is 16.6. The van der Waals surface area contributed by atoms with Gasteiger partial charge in [0.05, 0.1) is 30.2 Å². The Labute approximate surface area is 204 Å². The van der Waals surface area contributed by atoms with E-state index < -0.39 is 16.0 Å². The maximum atomic E-state index is 13.3. The molecule has 1 aromatic heterocycles. The van der Waals surface area contributed by atoms with Crippen LogP contribution >= 0.6 is 11.3 Å². The first-order chi connectivity index (χ1) is 16.2. The minimum Gasteiger partial charge on any atom is -0.496 e. The molecule has 10 heteroatoms. The third kappa shape index (κ3) is 4.79. The molecule has 1 fully saturated rings. The van der Waals surface area contributed by atoms with Crippen molar-refractivity contribution in [3.05, 3.63) is 39.8 Å². The van der Waals surface area contributed by atoms with Gasteiger partial charge in [0.15, 0.2) is 0 Å². The zero-order valence-corrected chi connectivity index (χ0v) is 21.3. The van der Waals surface area contributed by atoms with Crippen molar-refractivity contribution in [3.63, 3.8) is 0 Å². The van der Waals surface area contributed by atoms with Crippen molar-refractivity contribution >= 4 is 38.2 Å². The van der Waals surface area contributed by atoms with Crippen molar-refractivity contribution in [1.29, 1.82) is 0 Å². The van der Waals surface area contributed by atoms with E-state index in [1.54, 1.807) is 4.90 Å². The highest BCUT2D eigenvalue weighted by Crippen LogP contribution is 2.39. The van der Waals surface area contributed by atoms with Crippen LogP contribution in [0.2, 0.25) is 0 Å². The average Bonchev–Trinajstić information content (AvgIpc) is 3.20. The molecule has 1 amide bonds. The number of likely N-dealkylation sites (tertiary alicyclic amines) is 1. The number of nitrogens with one attached hydrogen (secondary N) is 1. The number of carbonyl (C=O) groups excluding carboxylic acids is 2. The van der Waals surface area contributed by atoms with Crippen LogP contribution in [0.25, 0.3) is 0 Å². The van der Waals surface area contributed by atoms with Crippen LogP contribution in [0.4, 0.5) is 5.00 Å². The van der Waals surface area contributed by atoms with Gasteiger partial charge in [0.1, 0.15) is 10.8 Å². The van der Waals surface area contributed by atoms with E-state index in [0.29, 0.717) is 31.2 Å². The van der Waals surface area contributed by atoms with Crippen molar-refractivity contribution in [2.75, 3.05) is 32.0 Å². The number of hydrogen-bond acceptors (Lipinski definition) is 7. The predicted molar refractivity (Wildman–Crippen MR) is 130 cm³/mol. The van der Waals surface area contributed by atoms with E-state index in [1.807, 2.05) is 0 Å². The second kappa shape index (κ2) is 9.95. The standard InChI is InChI=1S/C24H30N2O6S2/c1-15-10-12-26(13-11-15)23(27)18-14-16(8-9-19(18)31-2)34(29,30)25-22-21(24(28)32-3)17-6-4-5-7-20(17)33-22/h8-9,14-15,25H,4-7,10-13H2,1-3H3. The number of sulfonamides is 1. The monoisotopic (exact) mass is 506 g/mol. The second-order valence-corrected chi connectivity index (χ2v) is 11.6. The van der Waals surface area contributed by atoms with E-state index in [0.717, 1.165) is 42.5 Å². The number of fused-ring (bicyclic) bond motifs is 1. The molecule has 0 radical (unpaired) electrons. The van der Waals surface area contributed by atoms with Crippen LogP contribution in [0.3, 0.4) is 0 Å². The SMILES string of the molecule is COC(=O)c1c(NS(=O)(=O)c2ccc(OC)c(C(=O)N3CCC(C)CC3)c2)sc2c1CCCC2. The Morgan fingerprint density at radius 1 is 1.12 bits per heavy atom. The molecular formula is C24H30N2O6S2. The highest BCUT2D eigenvalue weighted by Gasteiger charge is 2.30. The molecule has 4 rings (SSSR count). The van der Waals surface area contributed by atoms with E-state index in [2.05, 4.69) is 11.6 Å². The molecule has 1 N–H and O–H groups in total. The number of thiophene rings is 1. The minimum absolute atomic E-state index is 0.0655. The van der Waals surface area contributed by atoms with Gasteiger partial charge < -0.3 is 14.4 Å². The number of amides is 1. The van der Waals surface area contributed by atoms with Crippen LogP contribution in [-0.4, -0.2) is 52.5 Å². The van der Waals surface area contributed by atoms with Gasteiger partial charge in [-0.15, -0.1) is 11.3 Å². The molecule has 2 aliphatic rings. The third-order valence-corrected chi connectivity index (χ3v) is 9.25. The smallest absolute Gasteiger partial charge is 0.341 e. The van der Waals surface area contributed by atoms with Crippen LogP contribution < -0.4 is 9.46 Å². The molecule has 2 aromatic rings. The van der Waals surface area contributed by atoms with Gasteiger partial charge in [-0.2, -0.15) is 0 Å². The zero-order valence-electron chi connectivity index (χ0n) is 19.7. The molecule has 0 unspecified atom stereocenters. The van der Waals surface area contributed by atoms with Gasteiger partial charge in [-0.3, -0.25) is 9.52 Å². The van der Waals surface area contributed by atoms with Crippen LogP contribution in [0, 0.1) is 5.92 Å². The Kier molecular flexibility index (Phi) is 7.18. The van der Waals surface area contributed by atoms with Crippen LogP contribution in [0.1, 0.15) is 63.8 Å². The molecule has 1 aromatic carbocycles. The van der Waals surface area contributed by atoms with Crippen molar-refractivity contribution in [1.82, 2.24) is 4.90 Å². The summed E-state index contributed by atoms with van der Waals surface area (Å²) in [6.45, 7) is 3.41. The van der Waals surface area contributed by atoms with Gasteiger partial charge in [-0.05, 0) is 68.2 Å². The largest absolute Gasteiger partial charge is 0.496 e. The summed E-state index contributed by atoms with van der Waals surface area (Å²) in [4.78, 5) is 28.4. The van der Waals surface area contributed by atoms with Gasteiger partial charge in [0.2, 0.25) is 0 Å². The lowest BCUT2D eigenvalue weighted by atomic mass is 9.95. The predicted octanol–water partition coefficient (Wildman–Crippen LogP) is 4.10. The summed E-state index contributed by atoms with van der Waals surface area (Å²) in [5.41, 5.74) is 1.36. The Hall–Kier alpha value is -2.59. The van der Waals surface area contributed by atoms with Gasteiger partial charge >= 0.3 is 5.97 Å². The van der Waals surface area contributed by atoms with Gasteiger partial charge in [0, 0.05) is 18.0 Å². The molecule has 34 heavy (non-hydrogen) atoms. The number of benzene rings is 1. The molecule has 1 aliphatic heterocycles. The lowest BCUT2D eigenvalue weighted by molar-refractivity contribution is 0.0600. The molecule has 1 aliphatic carbocycles. The number of piperidine rings is 1. The van der Waals surface area contributed by atoms with Crippen LogP contribution in [-0.2, 0) is 27.6 Å². The summed E-state index contributed by atoms with van der Waals surface area (Å²) < 4.78 is 39.6. The number of ether oxygens (including phenoxy) is 2. The molecule has 0 spiro atoms. The molecule has 184 valence electrons. The van der Waals surface area contributed by atoms with E-state index in [1.165, 1.54) is 43.8 Å². The van der Waals surface area contributed by atoms with E-state index >= 15 is 0 Å². The molecule has 2 heterocycles. The molecule has 0 atom stereocenters. The maximum absolute atomic E-state index is 13.3. The Balaban J connectivity index is 1.67. The average molecular weight is 507 g/mol. The van der Waals surface area contributed by atoms with Crippen molar-refractivity contribution < 1.29 is 27.5 Å². The number of nitrogens with zero attached hydrogens (tertiary/aromatic N) is 1. The van der Waals surface area contributed by atoms with Crippen molar-refractivity contribution in [2.24, 2.45) is 5.92 Å². The molecule has 0 bridgehead atoms. The summed E-state index contributed by atoms with van der Waals surface area (Å²) in [7, 11) is -1.33. The number of anilines is 1. The molecular weight excluding hydrogens is 476 g/mol. The van der Waals surface area contributed by atoms with Crippen molar-refractivity contribution in [3.8, 4) is 5.75 Å². The van der Waals surface area contributed by atoms with Crippen molar-refractivity contribution in [2.45, 2.75) is 50.3 Å². The molecule has 8 nitrogen and oxygen atoms in total. The second-order valence-electron chi connectivity index (χ2n) is 8.85. The topological polar surface area (TPSA) is 102 Å². The van der Waals surface area contributed by atoms with Gasteiger partial charge in [-0.1, -0.05) is 6.92 Å². The molecule has 1 saturated heterocycles. The fourth-order valence-electron chi connectivity index (χ4n) is 4.54. The summed E-state index contributed by atoms with van der Waals surface area (Å²) >= 11 is 1.28. The minimum atomic E-state index is -4.07. The third-order valence-electron chi connectivity index (χ3n) is 6.57. The fraction of sp³-hybridized carbons (Fsp3) is 0.500. The molecule has 0 saturated carbocycles. The highest BCUT2D eigenvalue weighted by molar-refractivity contribution is 7.93. The Morgan fingerprint density at radius 3 is 2.50 bits per heavy atom.